The van der Waals surface area contributed by atoms with Gasteiger partial charge in [-0.25, -0.2) is 0 Å². The smallest absolute Gasteiger partial charge is 0.395 e. The van der Waals surface area contributed by atoms with E-state index < -0.39 is 35.0 Å². The van der Waals surface area contributed by atoms with Crippen LogP contribution in [0.25, 0.3) is 0 Å². The molecule has 0 aliphatic carbocycles. The predicted molar refractivity (Wildman–Crippen MR) is 196 cm³/mol. The zero-order chi connectivity index (χ0) is 31.9. The van der Waals surface area contributed by atoms with E-state index in [0.717, 1.165) is 45.3 Å². The van der Waals surface area contributed by atoms with E-state index in [1.54, 1.807) is 43.0 Å². The lowest BCUT2D eigenvalue weighted by molar-refractivity contribution is 0.114. The molecular formula is C30H66N2O5Si5. The molecule has 7 nitrogen and oxygen atoms in total. The minimum atomic E-state index is -2.85. The molecule has 0 fully saturated rings. The fraction of sp³-hybridized carbons (Fsp3) is 0.800. The van der Waals surface area contributed by atoms with Gasteiger partial charge in [-0.3, -0.25) is 0 Å². The van der Waals surface area contributed by atoms with Crippen LogP contribution in [-0.2, 0) is 28.6 Å². The summed E-state index contributed by atoms with van der Waals surface area (Å²) >= 11 is 0. The summed E-state index contributed by atoms with van der Waals surface area (Å²) in [6.45, 7) is 27.8. The summed E-state index contributed by atoms with van der Waals surface area (Å²) in [7, 11) is -2.16. The van der Waals surface area contributed by atoms with E-state index in [4.69, 9.17) is 22.1 Å². The summed E-state index contributed by atoms with van der Waals surface area (Å²) in [6, 6.07) is 4.93. The third-order valence-corrected chi connectivity index (χ3v) is 19.8. The minimum absolute atomic E-state index is 0.0972. The second-order valence-electron chi connectivity index (χ2n) is 12.0. The summed E-state index contributed by atoms with van der Waals surface area (Å²) < 4.78 is 30.1. The molecule has 0 aliphatic heterocycles. The molecular weight excluding hydrogens is 609 g/mol. The van der Waals surface area contributed by atoms with Crippen LogP contribution in [0.4, 0.5) is 5.69 Å². The second-order valence-corrected chi connectivity index (χ2v) is 26.4. The van der Waals surface area contributed by atoms with Crippen LogP contribution in [0.2, 0.25) is 44.8 Å². The highest BCUT2D eigenvalue weighted by atomic mass is 28.4. The Bertz CT molecular complexity index is 887. The maximum Gasteiger partial charge on any atom is 0.507 e. The molecule has 0 aromatic heterocycles. The van der Waals surface area contributed by atoms with Crippen molar-refractivity contribution < 1.29 is 22.1 Å². The van der Waals surface area contributed by atoms with Crippen LogP contribution in [0.3, 0.4) is 0 Å². The highest BCUT2D eigenvalue weighted by molar-refractivity contribution is 6.75. The second kappa shape index (κ2) is 20.1. The maximum atomic E-state index is 6.04. The van der Waals surface area contributed by atoms with E-state index in [0.29, 0.717) is 0 Å². The maximum absolute atomic E-state index is 6.04. The van der Waals surface area contributed by atoms with Crippen molar-refractivity contribution in [3.8, 4) is 0 Å². The average Bonchev–Trinajstić information content (AvgIpc) is 2.96. The van der Waals surface area contributed by atoms with E-state index >= 15 is 0 Å². The SMILES string of the molecule is CCO[Si](C)(CCCNC[SiH2]CCc1c(N(CC)CC)c([SiH](C)C)cc(C(C)[Si](OC)(OC)OC)c1[SiH](C)C)OCC. The van der Waals surface area contributed by atoms with Crippen molar-refractivity contribution in [3.63, 3.8) is 0 Å². The third-order valence-electron chi connectivity index (χ3n) is 8.55. The molecule has 1 rings (SSSR count). The van der Waals surface area contributed by atoms with E-state index in [9.17, 15) is 0 Å². The number of hydrogen-bond acceptors (Lipinski definition) is 7. The Morgan fingerprint density at radius 3 is 1.95 bits per heavy atom. The molecule has 0 saturated carbocycles. The summed E-state index contributed by atoms with van der Waals surface area (Å²) in [6.07, 6.45) is 3.49. The van der Waals surface area contributed by atoms with Gasteiger partial charge in [0.2, 0.25) is 0 Å². The first-order valence-corrected chi connectivity index (χ1v) is 28.6. The lowest BCUT2D eigenvalue weighted by Gasteiger charge is -2.36. The van der Waals surface area contributed by atoms with Crippen LogP contribution >= 0.6 is 0 Å². The zero-order valence-corrected chi connectivity index (χ0v) is 35.3. The van der Waals surface area contributed by atoms with Crippen LogP contribution < -0.4 is 20.6 Å². The first kappa shape index (κ1) is 39.9. The summed E-state index contributed by atoms with van der Waals surface area (Å²) in [5, 5.41) is 6.98. The summed E-state index contributed by atoms with van der Waals surface area (Å²) in [5.41, 5.74) is 4.73. The fourth-order valence-corrected chi connectivity index (χ4v) is 15.9. The number of benzene rings is 1. The molecule has 0 heterocycles. The number of hydrogen-bond donors (Lipinski definition) is 1. The Hall–Kier alpha value is -0.136. The van der Waals surface area contributed by atoms with Gasteiger partial charge in [-0.1, -0.05) is 50.4 Å². The first-order valence-electron chi connectivity index (χ1n) is 16.5. The molecule has 1 N–H and O–H groups in total. The van der Waals surface area contributed by atoms with Crippen molar-refractivity contribution in [2.75, 3.05) is 65.2 Å². The molecule has 1 atom stereocenters. The Balaban J connectivity index is 3.29. The van der Waals surface area contributed by atoms with Crippen LogP contribution in [0, 0.1) is 0 Å². The Labute approximate surface area is 267 Å². The van der Waals surface area contributed by atoms with Crippen molar-refractivity contribution in [2.45, 2.75) is 97.8 Å². The zero-order valence-electron chi connectivity index (χ0n) is 29.6. The van der Waals surface area contributed by atoms with Crippen LogP contribution in [0.5, 0.6) is 0 Å². The molecule has 246 valence electrons. The van der Waals surface area contributed by atoms with Gasteiger partial charge in [-0.05, 0) is 82.2 Å². The molecule has 1 unspecified atom stereocenters. The molecule has 0 aliphatic rings. The van der Waals surface area contributed by atoms with Crippen LogP contribution in [-0.4, -0.2) is 105 Å². The average molecular weight is 675 g/mol. The molecule has 0 bridgehead atoms. The van der Waals surface area contributed by atoms with Gasteiger partial charge in [-0.2, -0.15) is 0 Å². The topological polar surface area (TPSA) is 61.4 Å². The highest BCUT2D eigenvalue weighted by Gasteiger charge is 2.47. The summed E-state index contributed by atoms with van der Waals surface area (Å²) in [5.74, 6) is 0. The van der Waals surface area contributed by atoms with Gasteiger partial charge in [0.05, 0.1) is 23.1 Å². The Morgan fingerprint density at radius 2 is 1.50 bits per heavy atom. The van der Waals surface area contributed by atoms with Crippen molar-refractivity contribution in [1.29, 1.82) is 0 Å². The van der Waals surface area contributed by atoms with E-state index in [2.05, 4.69) is 83.6 Å². The number of rotatable bonds is 23. The van der Waals surface area contributed by atoms with Crippen LogP contribution in [0.15, 0.2) is 6.07 Å². The predicted octanol–water partition coefficient (Wildman–Crippen LogP) is 3.65. The lowest BCUT2D eigenvalue weighted by atomic mass is 10.0. The lowest BCUT2D eigenvalue weighted by Crippen LogP contribution is -2.51. The van der Waals surface area contributed by atoms with Gasteiger partial charge in [0.1, 0.15) is 0 Å². The van der Waals surface area contributed by atoms with E-state index in [-0.39, 0.29) is 15.1 Å². The van der Waals surface area contributed by atoms with Gasteiger partial charge >= 0.3 is 17.4 Å². The van der Waals surface area contributed by atoms with Gasteiger partial charge in [0, 0.05) is 62.8 Å². The van der Waals surface area contributed by atoms with Gasteiger partial charge in [-0.15, -0.1) is 0 Å². The molecule has 0 radical (unpaired) electrons. The minimum Gasteiger partial charge on any atom is -0.395 e. The largest absolute Gasteiger partial charge is 0.507 e. The number of nitrogens with zero attached hydrogens (tertiary/aromatic N) is 1. The quantitative estimate of drug-likeness (QED) is 0.141. The number of nitrogens with one attached hydrogen (secondary N) is 1. The normalized spacial score (nSPS) is 13.7. The van der Waals surface area contributed by atoms with Crippen molar-refractivity contribution in [3.05, 3.63) is 17.2 Å². The molecule has 0 saturated heterocycles. The molecule has 0 amide bonds. The van der Waals surface area contributed by atoms with Crippen molar-refractivity contribution in [1.82, 2.24) is 5.32 Å². The molecule has 12 heteroatoms. The molecule has 42 heavy (non-hydrogen) atoms. The molecule has 1 aromatic carbocycles. The van der Waals surface area contributed by atoms with E-state index in [1.807, 2.05) is 0 Å². The molecule has 0 spiro atoms. The standard InChI is InChI=1S/C30H66N2O5Si5/c1-14-32(15-2)29-26(19-21-38-24-31-20-18-22-41(13,36-16-3)37-17-4)30(40(11)12)27(23-28(29)39(9)10)25(5)42(33-6,34-7)35-8/h23,25,31,39-40H,14-22,24,38H2,1-13H3. The van der Waals surface area contributed by atoms with E-state index in [1.165, 1.54) is 24.2 Å². The van der Waals surface area contributed by atoms with Crippen molar-refractivity contribution in [2.24, 2.45) is 0 Å². The Morgan fingerprint density at radius 1 is 0.929 bits per heavy atom. The van der Waals surface area contributed by atoms with Gasteiger partial charge < -0.3 is 32.3 Å². The van der Waals surface area contributed by atoms with Crippen LogP contribution in [0.1, 0.15) is 57.7 Å². The number of anilines is 1. The van der Waals surface area contributed by atoms with Gasteiger partial charge in [0.15, 0.2) is 0 Å². The fourth-order valence-electron chi connectivity index (χ4n) is 6.41. The van der Waals surface area contributed by atoms with Crippen molar-refractivity contribution >= 4 is 60.5 Å². The Kier molecular flexibility index (Phi) is 19.1. The third kappa shape index (κ3) is 10.7. The van der Waals surface area contributed by atoms with Gasteiger partial charge in [0.25, 0.3) is 0 Å². The highest BCUT2D eigenvalue weighted by Crippen LogP contribution is 2.31. The molecule has 1 aromatic rings. The first-order chi connectivity index (χ1) is 20.0. The monoisotopic (exact) mass is 674 g/mol. The summed E-state index contributed by atoms with van der Waals surface area (Å²) in [4.78, 5) is 2.64.